The van der Waals surface area contributed by atoms with Gasteiger partial charge in [-0.3, -0.25) is 0 Å². The summed E-state index contributed by atoms with van der Waals surface area (Å²) in [5, 5.41) is 4.03. The van der Waals surface area contributed by atoms with Gasteiger partial charge in [0.25, 0.3) is 0 Å². The van der Waals surface area contributed by atoms with E-state index in [1.54, 1.807) is 0 Å². The van der Waals surface area contributed by atoms with Crippen LogP contribution >= 0.6 is 0 Å². The number of hydrogen-bond acceptors (Lipinski definition) is 2. The van der Waals surface area contributed by atoms with Gasteiger partial charge in [0.1, 0.15) is 0 Å². The first-order valence-electron chi connectivity index (χ1n) is 7.72. The molecule has 4 unspecified atom stereocenters. The second-order valence-electron chi connectivity index (χ2n) is 6.78. The van der Waals surface area contributed by atoms with Gasteiger partial charge in [-0.05, 0) is 50.1 Å². The summed E-state index contributed by atoms with van der Waals surface area (Å²) >= 11 is 0. The second kappa shape index (κ2) is 4.89. The number of nitrogens with zero attached hydrogens (tertiary/aromatic N) is 1. The van der Waals surface area contributed by atoms with Crippen molar-refractivity contribution in [2.75, 3.05) is 19.6 Å². The SMILES string of the molecule is CC1CCCC(NC2CN3CCC2CC3)C1C. The van der Waals surface area contributed by atoms with E-state index in [4.69, 9.17) is 0 Å². The number of hydrogen-bond donors (Lipinski definition) is 1. The molecule has 4 fully saturated rings. The molecular formula is C15H28N2. The second-order valence-corrected chi connectivity index (χ2v) is 6.78. The minimum Gasteiger partial charge on any atom is -0.309 e. The molecule has 0 amide bonds. The Balaban J connectivity index is 1.59. The molecule has 98 valence electrons. The highest BCUT2D eigenvalue weighted by Crippen LogP contribution is 2.33. The fourth-order valence-corrected chi connectivity index (χ4v) is 4.25. The molecule has 1 aliphatic carbocycles. The van der Waals surface area contributed by atoms with Crippen molar-refractivity contribution >= 4 is 0 Å². The monoisotopic (exact) mass is 236 g/mol. The molecule has 0 radical (unpaired) electrons. The Morgan fingerprint density at radius 3 is 2.35 bits per heavy atom. The molecule has 2 nitrogen and oxygen atoms in total. The van der Waals surface area contributed by atoms with Crippen molar-refractivity contribution in [3.05, 3.63) is 0 Å². The molecular weight excluding hydrogens is 208 g/mol. The lowest BCUT2D eigenvalue weighted by molar-refractivity contribution is 0.0545. The molecule has 0 aromatic rings. The van der Waals surface area contributed by atoms with Gasteiger partial charge in [0, 0.05) is 18.6 Å². The summed E-state index contributed by atoms with van der Waals surface area (Å²) in [7, 11) is 0. The van der Waals surface area contributed by atoms with E-state index < -0.39 is 0 Å². The van der Waals surface area contributed by atoms with E-state index >= 15 is 0 Å². The molecule has 2 heteroatoms. The normalized spacial score (nSPS) is 50.5. The van der Waals surface area contributed by atoms with Crippen molar-refractivity contribution in [1.29, 1.82) is 0 Å². The smallest absolute Gasteiger partial charge is 0.0226 e. The first kappa shape index (κ1) is 12.0. The number of fused-ring (bicyclic) bond motifs is 3. The van der Waals surface area contributed by atoms with Crippen LogP contribution in [0.15, 0.2) is 0 Å². The van der Waals surface area contributed by atoms with Crippen molar-refractivity contribution in [1.82, 2.24) is 10.2 Å². The lowest BCUT2D eigenvalue weighted by Crippen LogP contribution is -2.59. The minimum atomic E-state index is 0.796. The van der Waals surface area contributed by atoms with Gasteiger partial charge in [0.15, 0.2) is 0 Å². The van der Waals surface area contributed by atoms with E-state index in [-0.39, 0.29) is 0 Å². The summed E-state index contributed by atoms with van der Waals surface area (Å²) < 4.78 is 0. The summed E-state index contributed by atoms with van der Waals surface area (Å²) in [5.41, 5.74) is 0. The predicted octanol–water partition coefficient (Wildman–Crippen LogP) is 2.49. The quantitative estimate of drug-likeness (QED) is 0.792. The average molecular weight is 236 g/mol. The lowest BCUT2D eigenvalue weighted by Gasteiger charge is -2.48. The highest BCUT2D eigenvalue weighted by Gasteiger charge is 2.37. The third-order valence-corrected chi connectivity index (χ3v) is 5.79. The van der Waals surface area contributed by atoms with Gasteiger partial charge >= 0.3 is 0 Å². The Hall–Kier alpha value is -0.0800. The molecule has 0 aromatic carbocycles. The maximum atomic E-state index is 4.03. The van der Waals surface area contributed by atoms with E-state index in [0.29, 0.717) is 0 Å². The first-order valence-corrected chi connectivity index (χ1v) is 7.72. The zero-order valence-electron chi connectivity index (χ0n) is 11.5. The summed E-state index contributed by atoms with van der Waals surface area (Å²) in [6, 6.07) is 1.60. The van der Waals surface area contributed by atoms with Crippen LogP contribution in [-0.2, 0) is 0 Å². The van der Waals surface area contributed by atoms with Gasteiger partial charge < -0.3 is 10.2 Å². The van der Waals surface area contributed by atoms with E-state index in [1.165, 1.54) is 51.7 Å². The fourth-order valence-electron chi connectivity index (χ4n) is 4.25. The topological polar surface area (TPSA) is 15.3 Å². The molecule has 4 aliphatic rings. The molecule has 3 aliphatic heterocycles. The van der Waals surface area contributed by atoms with E-state index in [9.17, 15) is 0 Å². The van der Waals surface area contributed by atoms with Gasteiger partial charge in [0.2, 0.25) is 0 Å². The zero-order valence-corrected chi connectivity index (χ0v) is 11.5. The van der Waals surface area contributed by atoms with Crippen LogP contribution in [0, 0.1) is 17.8 Å². The Kier molecular flexibility index (Phi) is 3.45. The molecule has 1 N–H and O–H groups in total. The lowest BCUT2D eigenvalue weighted by atomic mass is 9.76. The van der Waals surface area contributed by atoms with Crippen LogP contribution in [0.2, 0.25) is 0 Å². The van der Waals surface area contributed by atoms with Gasteiger partial charge in [-0.1, -0.05) is 26.7 Å². The molecule has 0 spiro atoms. The van der Waals surface area contributed by atoms with E-state index in [1.807, 2.05) is 0 Å². The molecule has 0 aromatic heterocycles. The van der Waals surface area contributed by atoms with Crippen molar-refractivity contribution in [3.63, 3.8) is 0 Å². The Bertz CT molecular complexity index is 256. The zero-order chi connectivity index (χ0) is 11.8. The van der Waals surface area contributed by atoms with E-state index in [2.05, 4.69) is 24.1 Å². The summed E-state index contributed by atoms with van der Waals surface area (Å²) in [6.45, 7) is 8.94. The number of piperidine rings is 3. The molecule has 3 heterocycles. The molecule has 2 bridgehead atoms. The van der Waals surface area contributed by atoms with Crippen molar-refractivity contribution in [2.45, 2.75) is 58.0 Å². The standard InChI is InChI=1S/C15H28N2/c1-11-4-3-5-14(12(11)2)16-15-10-17-8-6-13(15)7-9-17/h11-16H,3-10H2,1-2H3. The molecule has 17 heavy (non-hydrogen) atoms. The van der Waals surface area contributed by atoms with Gasteiger partial charge in [-0.2, -0.15) is 0 Å². The third kappa shape index (κ3) is 2.39. The van der Waals surface area contributed by atoms with Gasteiger partial charge in [0.05, 0.1) is 0 Å². The van der Waals surface area contributed by atoms with Crippen LogP contribution in [0.3, 0.4) is 0 Å². The summed E-state index contributed by atoms with van der Waals surface area (Å²) in [4.78, 5) is 2.66. The molecule has 1 saturated carbocycles. The van der Waals surface area contributed by atoms with Crippen LogP contribution < -0.4 is 5.32 Å². The van der Waals surface area contributed by atoms with E-state index in [0.717, 1.165) is 29.8 Å². The average Bonchev–Trinajstić information content (AvgIpc) is 2.36. The van der Waals surface area contributed by atoms with Crippen LogP contribution in [0.4, 0.5) is 0 Å². The largest absolute Gasteiger partial charge is 0.309 e. The van der Waals surface area contributed by atoms with Crippen molar-refractivity contribution < 1.29 is 0 Å². The Labute approximate surface area is 106 Å². The first-order chi connectivity index (χ1) is 8.24. The fraction of sp³-hybridized carbons (Fsp3) is 1.00. The van der Waals surface area contributed by atoms with Crippen molar-refractivity contribution in [2.24, 2.45) is 17.8 Å². The highest BCUT2D eigenvalue weighted by molar-refractivity contribution is 4.94. The maximum Gasteiger partial charge on any atom is 0.0226 e. The number of nitrogens with one attached hydrogen (secondary N) is 1. The van der Waals surface area contributed by atoms with Crippen LogP contribution in [0.5, 0.6) is 0 Å². The summed E-state index contributed by atoms with van der Waals surface area (Å²) in [5.74, 6) is 2.77. The van der Waals surface area contributed by atoms with Crippen LogP contribution in [0.25, 0.3) is 0 Å². The van der Waals surface area contributed by atoms with Crippen molar-refractivity contribution in [3.8, 4) is 0 Å². The maximum absolute atomic E-state index is 4.03. The highest BCUT2D eigenvalue weighted by atomic mass is 15.2. The Morgan fingerprint density at radius 1 is 0.941 bits per heavy atom. The minimum absolute atomic E-state index is 0.796. The van der Waals surface area contributed by atoms with Gasteiger partial charge in [-0.15, -0.1) is 0 Å². The van der Waals surface area contributed by atoms with Crippen LogP contribution in [0.1, 0.15) is 46.0 Å². The summed E-state index contributed by atoms with van der Waals surface area (Å²) in [6.07, 6.45) is 7.17. The van der Waals surface area contributed by atoms with Crippen LogP contribution in [-0.4, -0.2) is 36.6 Å². The molecule has 4 atom stereocenters. The molecule has 4 rings (SSSR count). The number of rotatable bonds is 2. The molecule has 3 saturated heterocycles. The third-order valence-electron chi connectivity index (χ3n) is 5.79. The predicted molar refractivity (Wildman–Crippen MR) is 72.1 cm³/mol. The van der Waals surface area contributed by atoms with Gasteiger partial charge in [-0.25, -0.2) is 0 Å². The Morgan fingerprint density at radius 2 is 1.71 bits per heavy atom.